The van der Waals surface area contributed by atoms with Gasteiger partial charge >= 0.3 is 0 Å². The average Bonchev–Trinajstić information content (AvgIpc) is 3.13. The van der Waals surface area contributed by atoms with Crippen molar-refractivity contribution in [2.45, 2.75) is 84.1 Å². The summed E-state index contributed by atoms with van der Waals surface area (Å²) in [6.07, 6.45) is 9.47. The predicted octanol–water partition coefficient (Wildman–Crippen LogP) is 4.81. The molecule has 2 rings (SSSR count). The molecule has 160 valence electrons. The van der Waals surface area contributed by atoms with Gasteiger partial charge < -0.3 is 4.90 Å². The molecule has 0 radical (unpaired) electrons. The molecule has 0 saturated carbocycles. The van der Waals surface area contributed by atoms with E-state index >= 15 is 0 Å². The van der Waals surface area contributed by atoms with Crippen molar-refractivity contribution >= 4 is 17.7 Å². The molecule has 1 atom stereocenters. The molecule has 0 aromatic heterocycles. The molecule has 0 unspecified atom stereocenters. The van der Waals surface area contributed by atoms with E-state index in [1.54, 1.807) is 24.3 Å². The van der Waals surface area contributed by atoms with Crippen molar-refractivity contribution in [3.63, 3.8) is 0 Å². The summed E-state index contributed by atoms with van der Waals surface area (Å²) in [5, 5.41) is 0. The lowest BCUT2D eigenvalue weighted by atomic mass is 10.1. The van der Waals surface area contributed by atoms with E-state index < -0.39 is 6.04 Å². The van der Waals surface area contributed by atoms with E-state index in [9.17, 15) is 14.4 Å². The Balaban J connectivity index is 2.09. The fourth-order valence-corrected chi connectivity index (χ4v) is 3.89. The van der Waals surface area contributed by atoms with Gasteiger partial charge in [-0.1, -0.05) is 70.6 Å². The van der Waals surface area contributed by atoms with Crippen LogP contribution in [0.3, 0.4) is 0 Å². The van der Waals surface area contributed by atoms with Crippen LogP contribution in [0.2, 0.25) is 0 Å². The lowest BCUT2D eigenvalue weighted by Gasteiger charge is -2.29. The summed E-state index contributed by atoms with van der Waals surface area (Å²) in [7, 11) is 0. The summed E-state index contributed by atoms with van der Waals surface area (Å²) in [4.78, 5) is 41.8. The largest absolute Gasteiger partial charge is 0.341 e. The third kappa shape index (κ3) is 6.69. The molecule has 1 fully saturated rings. The van der Waals surface area contributed by atoms with Crippen LogP contribution in [-0.4, -0.2) is 46.7 Å². The van der Waals surface area contributed by atoms with Crippen LogP contribution < -0.4 is 0 Å². The minimum atomic E-state index is -0.660. The van der Waals surface area contributed by atoms with Gasteiger partial charge in [0.05, 0.1) is 0 Å². The second-order valence-electron chi connectivity index (χ2n) is 7.94. The summed E-state index contributed by atoms with van der Waals surface area (Å²) in [5.41, 5.74) is 0.456. The number of hydrogen-bond donors (Lipinski definition) is 0. The quantitative estimate of drug-likeness (QED) is 0.374. The van der Waals surface area contributed by atoms with Crippen LogP contribution in [0.1, 0.15) is 88.4 Å². The van der Waals surface area contributed by atoms with Gasteiger partial charge in [0.2, 0.25) is 11.8 Å². The smallest absolute Gasteiger partial charge is 0.261 e. The van der Waals surface area contributed by atoms with Gasteiger partial charge in [-0.2, -0.15) is 0 Å². The SMILES string of the molecule is CCCCCCN(CCCCCC)C(=O)[C@@H]1CCC(=O)N1C(=O)c1ccccc1. The molecule has 1 aromatic carbocycles. The normalized spacial score (nSPS) is 16.3. The Labute approximate surface area is 175 Å². The number of carbonyl (C=O) groups excluding carboxylic acids is 3. The molecule has 0 bridgehead atoms. The maximum Gasteiger partial charge on any atom is 0.261 e. The van der Waals surface area contributed by atoms with E-state index in [0.29, 0.717) is 25.1 Å². The molecule has 3 amide bonds. The molecule has 5 nitrogen and oxygen atoms in total. The highest BCUT2D eigenvalue weighted by Gasteiger charge is 2.42. The highest BCUT2D eigenvalue weighted by Crippen LogP contribution is 2.24. The van der Waals surface area contributed by atoms with Crippen molar-refractivity contribution < 1.29 is 14.4 Å². The second-order valence-corrected chi connectivity index (χ2v) is 7.94. The third-order valence-corrected chi connectivity index (χ3v) is 5.61. The highest BCUT2D eigenvalue weighted by atomic mass is 16.2. The molecular formula is C24H36N2O3. The van der Waals surface area contributed by atoms with Crippen molar-refractivity contribution in [3.05, 3.63) is 35.9 Å². The Bertz CT molecular complexity index is 647. The number of rotatable bonds is 12. The van der Waals surface area contributed by atoms with Gasteiger partial charge in [-0.25, -0.2) is 0 Å². The monoisotopic (exact) mass is 400 g/mol. The van der Waals surface area contributed by atoms with Gasteiger partial charge in [0, 0.05) is 25.1 Å². The molecule has 5 heteroatoms. The van der Waals surface area contributed by atoms with Crippen LogP contribution in [0.4, 0.5) is 0 Å². The Morgan fingerprint density at radius 3 is 2.07 bits per heavy atom. The van der Waals surface area contributed by atoms with Crippen molar-refractivity contribution in [3.8, 4) is 0 Å². The van der Waals surface area contributed by atoms with Crippen molar-refractivity contribution in [1.82, 2.24) is 9.80 Å². The minimum absolute atomic E-state index is 0.0619. The molecule has 1 aromatic rings. The first kappa shape index (κ1) is 23.1. The minimum Gasteiger partial charge on any atom is -0.341 e. The Kier molecular flexibility index (Phi) is 9.89. The van der Waals surface area contributed by atoms with Gasteiger partial charge in [0.15, 0.2) is 0 Å². The molecule has 1 aliphatic heterocycles. The Morgan fingerprint density at radius 2 is 1.52 bits per heavy atom. The van der Waals surface area contributed by atoms with Crippen LogP contribution in [0, 0.1) is 0 Å². The molecule has 0 aliphatic carbocycles. The van der Waals surface area contributed by atoms with Crippen LogP contribution in [0.5, 0.6) is 0 Å². The van der Waals surface area contributed by atoms with E-state index in [-0.39, 0.29) is 24.1 Å². The first-order valence-corrected chi connectivity index (χ1v) is 11.3. The summed E-state index contributed by atoms with van der Waals surface area (Å²) >= 11 is 0. The zero-order valence-corrected chi connectivity index (χ0v) is 18.1. The number of unbranched alkanes of at least 4 members (excludes halogenated alkanes) is 6. The summed E-state index contributed by atoms with van der Waals surface area (Å²) < 4.78 is 0. The fraction of sp³-hybridized carbons (Fsp3) is 0.625. The Morgan fingerprint density at radius 1 is 0.931 bits per heavy atom. The second kappa shape index (κ2) is 12.4. The number of imide groups is 1. The van der Waals surface area contributed by atoms with Crippen LogP contribution in [0.25, 0.3) is 0 Å². The van der Waals surface area contributed by atoms with E-state index in [4.69, 9.17) is 0 Å². The van der Waals surface area contributed by atoms with Crippen molar-refractivity contribution in [2.24, 2.45) is 0 Å². The number of hydrogen-bond acceptors (Lipinski definition) is 3. The van der Waals surface area contributed by atoms with Crippen molar-refractivity contribution in [1.29, 1.82) is 0 Å². The maximum atomic E-state index is 13.3. The molecular weight excluding hydrogens is 364 g/mol. The van der Waals surface area contributed by atoms with E-state index in [0.717, 1.165) is 38.5 Å². The topological polar surface area (TPSA) is 57.7 Å². The van der Waals surface area contributed by atoms with Crippen LogP contribution in [-0.2, 0) is 9.59 Å². The van der Waals surface area contributed by atoms with Crippen molar-refractivity contribution in [2.75, 3.05) is 13.1 Å². The molecule has 29 heavy (non-hydrogen) atoms. The zero-order chi connectivity index (χ0) is 21.1. The first-order valence-electron chi connectivity index (χ1n) is 11.3. The van der Waals surface area contributed by atoms with Crippen LogP contribution >= 0.6 is 0 Å². The van der Waals surface area contributed by atoms with E-state index in [1.165, 1.54) is 17.7 Å². The summed E-state index contributed by atoms with van der Waals surface area (Å²) in [6.45, 7) is 5.77. The number of likely N-dealkylation sites (tertiary alicyclic amines) is 1. The number of amides is 3. The maximum absolute atomic E-state index is 13.3. The standard InChI is InChI=1S/C24H36N2O3/c1-3-5-7-12-18-25(19-13-8-6-4-2)24(29)21-16-17-22(27)26(21)23(28)20-14-10-9-11-15-20/h9-11,14-15,21H,3-8,12-13,16-19H2,1-2H3/t21-/m0/s1. The predicted molar refractivity (Wildman–Crippen MR) is 116 cm³/mol. The third-order valence-electron chi connectivity index (χ3n) is 5.61. The van der Waals surface area contributed by atoms with Crippen LogP contribution in [0.15, 0.2) is 30.3 Å². The number of nitrogens with zero attached hydrogens (tertiary/aromatic N) is 2. The van der Waals surface area contributed by atoms with E-state index in [2.05, 4.69) is 13.8 Å². The summed E-state index contributed by atoms with van der Waals surface area (Å²) in [5.74, 6) is -0.661. The summed E-state index contributed by atoms with van der Waals surface area (Å²) in [6, 6.07) is 8.12. The molecule has 0 spiro atoms. The highest BCUT2D eigenvalue weighted by molar-refractivity contribution is 6.09. The number of benzene rings is 1. The van der Waals surface area contributed by atoms with E-state index in [1.807, 2.05) is 11.0 Å². The molecule has 1 saturated heterocycles. The molecule has 1 aliphatic rings. The number of carbonyl (C=O) groups is 3. The molecule has 0 N–H and O–H groups in total. The van der Waals surface area contributed by atoms with Gasteiger partial charge in [0.25, 0.3) is 5.91 Å². The fourth-order valence-electron chi connectivity index (χ4n) is 3.89. The van der Waals surface area contributed by atoms with Gasteiger partial charge in [-0.15, -0.1) is 0 Å². The van der Waals surface area contributed by atoms with Gasteiger partial charge in [0.1, 0.15) is 6.04 Å². The first-order chi connectivity index (χ1) is 14.1. The average molecular weight is 401 g/mol. The lowest BCUT2D eigenvalue weighted by Crippen LogP contribution is -2.49. The Hall–Kier alpha value is -2.17. The lowest BCUT2D eigenvalue weighted by molar-refractivity contribution is -0.139. The zero-order valence-electron chi connectivity index (χ0n) is 18.1. The molecule has 1 heterocycles. The van der Waals surface area contributed by atoms with Gasteiger partial charge in [-0.3, -0.25) is 19.3 Å². The van der Waals surface area contributed by atoms with Gasteiger partial charge in [-0.05, 0) is 31.4 Å².